The Labute approximate surface area is 141 Å². The molecule has 1 N–H and O–H groups in total. The molecule has 0 amide bonds. The van der Waals surface area contributed by atoms with Crippen molar-refractivity contribution in [2.45, 2.75) is 18.2 Å². The van der Waals surface area contributed by atoms with Crippen LogP contribution in [-0.4, -0.2) is 53.6 Å². The summed E-state index contributed by atoms with van der Waals surface area (Å²) in [5, 5.41) is 0.425. The van der Waals surface area contributed by atoms with Crippen molar-refractivity contribution < 1.29 is 21.6 Å². The molecule has 1 heterocycles. The van der Waals surface area contributed by atoms with Gasteiger partial charge in [-0.1, -0.05) is 11.6 Å². The van der Waals surface area contributed by atoms with E-state index in [-0.39, 0.29) is 18.8 Å². The first-order chi connectivity index (χ1) is 10.6. The molecule has 1 aromatic carbocycles. The summed E-state index contributed by atoms with van der Waals surface area (Å²) < 4.78 is 56.5. The number of sulfonamides is 2. The molecule has 2 rings (SSSR count). The molecule has 10 heteroatoms. The van der Waals surface area contributed by atoms with Crippen LogP contribution in [0.25, 0.3) is 0 Å². The number of nitrogens with zero attached hydrogens (tertiary/aromatic N) is 1. The van der Waals surface area contributed by atoms with Gasteiger partial charge >= 0.3 is 0 Å². The summed E-state index contributed by atoms with van der Waals surface area (Å²) in [5.41, 5.74) is 0.472. The second kappa shape index (κ2) is 6.94. The van der Waals surface area contributed by atoms with Crippen molar-refractivity contribution >= 4 is 31.6 Å². The first-order valence-corrected chi connectivity index (χ1v) is 10.8. The second-order valence-corrected chi connectivity index (χ2v) is 9.63. The zero-order valence-corrected chi connectivity index (χ0v) is 15.2. The van der Waals surface area contributed by atoms with E-state index in [0.29, 0.717) is 22.8 Å². The molecule has 23 heavy (non-hydrogen) atoms. The molecule has 130 valence electrons. The minimum Gasteiger partial charge on any atom is -0.496 e. The summed E-state index contributed by atoms with van der Waals surface area (Å²) in [6, 6.07) is 4.39. The molecule has 0 aliphatic carbocycles. The fraction of sp³-hybridized carbons (Fsp3) is 0.538. The minimum absolute atomic E-state index is 0.123. The molecule has 1 aliphatic heterocycles. The van der Waals surface area contributed by atoms with Crippen LogP contribution < -0.4 is 9.46 Å². The molecule has 0 unspecified atom stereocenters. The highest BCUT2D eigenvalue weighted by Gasteiger charge is 2.33. The van der Waals surface area contributed by atoms with Gasteiger partial charge in [0.2, 0.25) is 20.0 Å². The van der Waals surface area contributed by atoms with Crippen molar-refractivity contribution in [3.8, 4) is 5.75 Å². The van der Waals surface area contributed by atoms with Crippen molar-refractivity contribution in [3.63, 3.8) is 0 Å². The van der Waals surface area contributed by atoms with Gasteiger partial charge in [-0.2, -0.15) is 4.31 Å². The lowest BCUT2D eigenvalue weighted by Gasteiger charge is -2.18. The fourth-order valence-electron chi connectivity index (χ4n) is 2.53. The number of hydrogen-bond donors (Lipinski definition) is 1. The van der Waals surface area contributed by atoms with Crippen LogP contribution in [0.4, 0.5) is 0 Å². The van der Waals surface area contributed by atoms with Crippen molar-refractivity contribution in [3.05, 3.63) is 28.8 Å². The van der Waals surface area contributed by atoms with Gasteiger partial charge in [0.25, 0.3) is 0 Å². The van der Waals surface area contributed by atoms with E-state index in [1.165, 1.54) is 11.4 Å². The van der Waals surface area contributed by atoms with Gasteiger partial charge in [-0.05, 0) is 24.6 Å². The number of methoxy groups -OCH3 is 1. The highest BCUT2D eigenvalue weighted by atomic mass is 35.5. The Kier molecular flexibility index (Phi) is 5.57. The molecule has 0 spiro atoms. The standard InChI is InChI=1S/C13H19ClN2O5S2/c1-21-13-4-3-11(14)7-10(13)9-23(19,20)16-6-5-12(8-16)15-22(2,17)18/h3-4,7,12,15H,5-6,8-9H2,1-2H3/t12-/m0/s1. The number of benzene rings is 1. The molecule has 1 aromatic rings. The van der Waals surface area contributed by atoms with Gasteiger partial charge in [0.1, 0.15) is 5.75 Å². The monoisotopic (exact) mass is 382 g/mol. The highest BCUT2D eigenvalue weighted by molar-refractivity contribution is 7.89. The molecule has 0 saturated carbocycles. The molecule has 0 bridgehead atoms. The van der Waals surface area contributed by atoms with Gasteiger partial charge in [-0.15, -0.1) is 0 Å². The third-order valence-electron chi connectivity index (χ3n) is 3.51. The van der Waals surface area contributed by atoms with E-state index in [1.807, 2.05) is 0 Å². The Morgan fingerprint density at radius 3 is 2.65 bits per heavy atom. The largest absolute Gasteiger partial charge is 0.496 e. The zero-order chi connectivity index (χ0) is 17.3. The highest BCUT2D eigenvalue weighted by Crippen LogP contribution is 2.26. The molecule has 1 fully saturated rings. The molecule has 1 aliphatic rings. The first-order valence-electron chi connectivity index (χ1n) is 6.88. The minimum atomic E-state index is -3.59. The van der Waals surface area contributed by atoms with Crippen LogP contribution in [0.2, 0.25) is 5.02 Å². The Hall–Kier alpha value is -0.870. The van der Waals surface area contributed by atoms with E-state index in [4.69, 9.17) is 16.3 Å². The number of ether oxygens (including phenoxy) is 1. The predicted octanol–water partition coefficient (Wildman–Crippen LogP) is 0.802. The number of rotatable bonds is 6. The SMILES string of the molecule is COc1ccc(Cl)cc1CS(=O)(=O)N1CC[C@H](NS(C)(=O)=O)C1. The molecule has 0 aromatic heterocycles. The summed E-state index contributed by atoms with van der Waals surface area (Å²) >= 11 is 5.92. The summed E-state index contributed by atoms with van der Waals surface area (Å²) in [7, 11) is -5.49. The van der Waals surface area contributed by atoms with Gasteiger partial charge < -0.3 is 4.74 Å². The second-order valence-electron chi connectivity index (χ2n) is 5.45. The van der Waals surface area contributed by atoms with Crippen LogP contribution >= 0.6 is 11.6 Å². The topological polar surface area (TPSA) is 92.8 Å². The van der Waals surface area contributed by atoms with Crippen LogP contribution in [0.3, 0.4) is 0 Å². The Balaban J connectivity index is 2.13. The van der Waals surface area contributed by atoms with Gasteiger partial charge in [0.05, 0.1) is 19.1 Å². The summed E-state index contributed by atoms with van der Waals surface area (Å²) in [6.07, 6.45) is 1.50. The van der Waals surface area contributed by atoms with Crippen molar-refractivity contribution in [2.75, 3.05) is 26.5 Å². The van der Waals surface area contributed by atoms with Crippen LogP contribution in [-0.2, 0) is 25.8 Å². The maximum atomic E-state index is 12.5. The summed E-state index contributed by atoms with van der Waals surface area (Å²) in [4.78, 5) is 0. The Morgan fingerprint density at radius 2 is 2.04 bits per heavy atom. The molecular formula is C13H19ClN2O5S2. The first kappa shape index (κ1) is 18.5. The average Bonchev–Trinajstić information content (AvgIpc) is 2.85. The normalized spacial score (nSPS) is 19.9. The molecule has 0 radical (unpaired) electrons. The van der Waals surface area contributed by atoms with Gasteiger partial charge in [-0.25, -0.2) is 21.6 Å². The van der Waals surface area contributed by atoms with Crippen LogP contribution in [0.15, 0.2) is 18.2 Å². The van der Waals surface area contributed by atoms with E-state index in [9.17, 15) is 16.8 Å². The Morgan fingerprint density at radius 1 is 1.35 bits per heavy atom. The zero-order valence-electron chi connectivity index (χ0n) is 12.8. The predicted molar refractivity (Wildman–Crippen MR) is 88.6 cm³/mol. The molecule has 1 atom stereocenters. The van der Waals surface area contributed by atoms with Gasteiger partial charge in [-0.3, -0.25) is 0 Å². The van der Waals surface area contributed by atoms with E-state index in [2.05, 4.69) is 4.72 Å². The van der Waals surface area contributed by atoms with E-state index >= 15 is 0 Å². The smallest absolute Gasteiger partial charge is 0.218 e. The van der Waals surface area contributed by atoms with Gasteiger partial charge in [0.15, 0.2) is 0 Å². The van der Waals surface area contributed by atoms with Crippen molar-refractivity contribution in [1.82, 2.24) is 9.03 Å². The summed E-state index contributed by atoms with van der Waals surface area (Å²) in [6.45, 7) is 0.399. The lowest BCUT2D eigenvalue weighted by atomic mass is 10.2. The van der Waals surface area contributed by atoms with Crippen LogP contribution in [0.5, 0.6) is 5.75 Å². The van der Waals surface area contributed by atoms with E-state index < -0.39 is 26.1 Å². The average molecular weight is 383 g/mol. The molecular weight excluding hydrogens is 364 g/mol. The fourth-order valence-corrected chi connectivity index (χ4v) is 5.11. The maximum Gasteiger partial charge on any atom is 0.218 e. The number of hydrogen-bond acceptors (Lipinski definition) is 5. The quantitative estimate of drug-likeness (QED) is 0.785. The molecule has 7 nitrogen and oxygen atoms in total. The molecule has 1 saturated heterocycles. The summed E-state index contributed by atoms with van der Waals surface area (Å²) in [5.74, 6) is 0.200. The van der Waals surface area contributed by atoms with Crippen molar-refractivity contribution in [2.24, 2.45) is 0 Å². The lowest BCUT2D eigenvalue weighted by Crippen LogP contribution is -2.38. The van der Waals surface area contributed by atoms with Gasteiger partial charge in [0, 0.05) is 29.7 Å². The van der Waals surface area contributed by atoms with Crippen LogP contribution in [0, 0.1) is 0 Å². The number of nitrogens with one attached hydrogen (secondary N) is 1. The number of halogens is 1. The van der Waals surface area contributed by atoms with Crippen molar-refractivity contribution in [1.29, 1.82) is 0 Å². The van der Waals surface area contributed by atoms with E-state index in [0.717, 1.165) is 6.26 Å². The Bertz CT molecular complexity index is 780. The van der Waals surface area contributed by atoms with E-state index in [1.54, 1.807) is 18.2 Å². The third-order valence-corrected chi connectivity index (χ3v) is 6.30. The third kappa shape index (κ3) is 5.05. The van der Waals surface area contributed by atoms with Crippen LogP contribution in [0.1, 0.15) is 12.0 Å². The maximum absolute atomic E-state index is 12.5. The lowest BCUT2D eigenvalue weighted by molar-refractivity contribution is 0.410.